The molecule has 1 aliphatic rings. The summed E-state index contributed by atoms with van der Waals surface area (Å²) in [5, 5.41) is 21.6. The van der Waals surface area contributed by atoms with Crippen LogP contribution in [0.15, 0.2) is 57.3 Å². The number of benzene rings is 2. The first-order chi connectivity index (χ1) is 15.1. The molecule has 0 saturated heterocycles. The number of allylic oxidation sites excluding steroid dienone is 1. The highest BCUT2D eigenvalue weighted by Crippen LogP contribution is 2.42. The van der Waals surface area contributed by atoms with Crippen LogP contribution in [-0.4, -0.2) is 22.9 Å². The van der Waals surface area contributed by atoms with E-state index in [1.807, 2.05) is 39.8 Å². The topological polar surface area (TPSA) is 89.1 Å². The third-order valence-corrected chi connectivity index (χ3v) is 5.35. The molecule has 0 bridgehead atoms. The maximum absolute atomic E-state index is 13.6. The molecule has 6 nitrogen and oxygen atoms in total. The number of hydrogen-bond acceptors (Lipinski definition) is 6. The molecule has 2 N–H and O–H groups in total. The van der Waals surface area contributed by atoms with Gasteiger partial charge in [0.2, 0.25) is 5.43 Å². The van der Waals surface area contributed by atoms with Crippen LogP contribution < -0.4 is 14.9 Å². The van der Waals surface area contributed by atoms with Gasteiger partial charge in [0, 0.05) is 11.6 Å². The number of phenolic OH excluding ortho intramolecular Hbond substituents is 1. The fourth-order valence-electron chi connectivity index (χ4n) is 3.83. The van der Waals surface area contributed by atoms with Crippen LogP contribution in [0.25, 0.3) is 28.4 Å². The second kappa shape index (κ2) is 7.88. The first-order valence-electron chi connectivity index (χ1n) is 10.3. The lowest BCUT2D eigenvalue weighted by molar-refractivity contribution is 0.158. The predicted molar refractivity (Wildman–Crippen MR) is 124 cm³/mol. The smallest absolute Gasteiger partial charge is 0.203 e. The normalized spacial score (nSPS) is 15.1. The first kappa shape index (κ1) is 21.7. The van der Waals surface area contributed by atoms with Gasteiger partial charge >= 0.3 is 0 Å². The molecule has 1 aliphatic heterocycles. The number of phenols is 1. The predicted octanol–water partition coefficient (Wildman–Crippen LogP) is 5.36. The Bertz CT molecular complexity index is 1310. The number of fused-ring (bicyclic) bond motifs is 3. The maximum atomic E-state index is 13.6. The molecular formula is C26H26O6. The van der Waals surface area contributed by atoms with Crippen LogP contribution in [-0.2, 0) is 0 Å². The zero-order valence-electron chi connectivity index (χ0n) is 18.7. The number of aliphatic hydroxyl groups excluding tert-OH is 1. The Labute approximate surface area is 186 Å². The molecule has 0 unspecified atom stereocenters. The van der Waals surface area contributed by atoms with E-state index in [4.69, 9.17) is 13.9 Å². The van der Waals surface area contributed by atoms with E-state index in [1.54, 1.807) is 37.5 Å². The second-order valence-electron chi connectivity index (χ2n) is 8.64. The van der Waals surface area contributed by atoms with Gasteiger partial charge in [-0.1, -0.05) is 11.6 Å². The minimum Gasteiger partial charge on any atom is -0.507 e. The van der Waals surface area contributed by atoms with Crippen LogP contribution in [0.1, 0.15) is 44.9 Å². The van der Waals surface area contributed by atoms with Gasteiger partial charge in [0.25, 0.3) is 0 Å². The number of rotatable bonds is 4. The van der Waals surface area contributed by atoms with E-state index in [1.165, 1.54) is 6.07 Å². The van der Waals surface area contributed by atoms with Crippen LogP contribution in [0.4, 0.5) is 0 Å². The molecule has 0 spiro atoms. The molecule has 3 aromatic rings. The Balaban J connectivity index is 2.09. The van der Waals surface area contributed by atoms with Crippen LogP contribution in [0.5, 0.6) is 17.2 Å². The summed E-state index contributed by atoms with van der Waals surface area (Å²) in [5.41, 5.74) is 1.19. The minimum atomic E-state index is -1.21. The van der Waals surface area contributed by atoms with Crippen molar-refractivity contribution in [1.82, 2.24) is 0 Å². The van der Waals surface area contributed by atoms with Gasteiger partial charge in [0.15, 0.2) is 5.58 Å². The monoisotopic (exact) mass is 434 g/mol. The van der Waals surface area contributed by atoms with Gasteiger partial charge < -0.3 is 24.1 Å². The van der Waals surface area contributed by atoms with Crippen molar-refractivity contribution in [1.29, 1.82) is 0 Å². The third-order valence-electron chi connectivity index (χ3n) is 5.35. The highest BCUT2D eigenvalue weighted by molar-refractivity contribution is 5.95. The Hall–Kier alpha value is -3.51. The van der Waals surface area contributed by atoms with E-state index in [9.17, 15) is 15.0 Å². The SMILES string of the molecule is COc1ccc(-c2oc3c4c(cc(O)c3c(=O)c2[C@H](O)C=C(C)C)OC(C)(C)C=C4)cc1. The third kappa shape index (κ3) is 3.78. The van der Waals surface area contributed by atoms with Crippen molar-refractivity contribution in [3.05, 3.63) is 69.4 Å². The highest BCUT2D eigenvalue weighted by Gasteiger charge is 2.29. The number of aliphatic hydroxyl groups is 1. The lowest BCUT2D eigenvalue weighted by Crippen LogP contribution is -2.27. The Morgan fingerprint density at radius 1 is 1.19 bits per heavy atom. The second-order valence-corrected chi connectivity index (χ2v) is 8.64. The molecule has 0 fully saturated rings. The van der Waals surface area contributed by atoms with Gasteiger partial charge in [-0.2, -0.15) is 0 Å². The summed E-state index contributed by atoms with van der Waals surface area (Å²) in [4.78, 5) is 13.6. The molecule has 1 aromatic heterocycles. The largest absolute Gasteiger partial charge is 0.507 e. The van der Waals surface area contributed by atoms with Gasteiger partial charge in [-0.05, 0) is 64.1 Å². The average Bonchev–Trinajstić information content (AvgIpc) is 2.71. The van der Waals surface area contributed by atoms with Gasteiger partial charge in [-0.15, -0.1) is 0 Å². The van der Waals surface area contributed by atoms with E-state index in [0.29, 0.717) is 22.6 Å². The number of ether oxygens (including phenoxy) is 2. The van der Waals surface area contributed by atoms with Crippen LogP contribution in [0, 0.1) is 0 Å². The molecule has 0 radical (unpaired) electrons. The van der Waals surface area contributed by atoms with Crippen molar-refractivity contribution in [2.45, 2.75) is 39.4 Å². The lowest BCUT2D eigenvalue weighted by Gasteiger charge is -2.28. The van der Waals surface area contributed by atoms with Crippen molar-refractivity contribution in [3.63, 3.8) is 0 Å². The fraction of sp³-hybridized carbons (Fsp3) is 0.269. The Morgan fingerprint density at radius 3 is 2.50 bits per heavy atom. The molecule has 1 atom stereocenters. The molecule has 0 saturated carbocycles. The van der Waals surface area contributed by atoms with E-state index >= 15 is 0 Å². The van der Waals surface area contributed by atoms with Crippen molar-refractivity contribution < 1.29 is 24.1 Å². The van der Waals surface area contributed by atoms with Crippen LogP contribution in [0.2, 0.25) is 0 Å². The molecule has 6 heteroatoms. The number of aromatic hydroxyl groups is 1. The molecule has 32 heavy (non-hydrogen) atoms. The summed E-state index contributed by atoms with van der Waals surface area (Å²) in [6, 6.07) is 8.43. The van der Waals surface area contributed by atoms with Crippen molar-refractivity contribution in [2.24, 2.45) is 0 Å². The molecule has 0 aliphatic carbocycles. The fourth-order valence-corrected chi connectivity index (χ4v) is 3.83. The van der Waals surface area contributed by atoms with Gasteiger partial charge in [0.1, 0.15) is 40.1 Å². The Kier molecular flexibility index (Phi) is 5.34. The summed E-state index contributed by atoms with van der Waals surface area (Å²) >= 11 is 0. The quantitative estimate of drug-likeness (QED) is 0.538. The summed E-state index contributed by atoms with van der Waals surface area (Å²) in [5.74, 6) is 1.03. The van der Waals surface area contributed by atoms with Crippen molar-refractivity contribution in [2.75, 3.05) is 7.11 Å². The van der Waals surface area contributed by atoms with E-state index in [0.717, 1.165) is 5.57 Å². The van der Waals surface area contributed by atoms with E-state index < -0.39 is 17.1 Å². The van der Waals surface area contributed by atoms with Gasteiger partial charge in [-0.3, -0.25) is 4.79 Å². The van der Waals surface area contributed by atoms with E-state index in [2.05, 4.69) is 0 Å². The van der Waals surface area contributed by atoms with Crippen molar-refractivity contribution in [3.8, 4) is 28.6 Å². The summed E-state index contributed by atoms with van der Waals surface area (Å²) in [6.07, 6.45) is 4.06. The lowest BCUT2D eigenvalue weighted by atomic mass is 9.96. The van der Waals surface area contributed by atoms with Gasteiger partial charge in [-0.25, -0.2) is 0 Å². The average molecular weight is 434 g/mol. The van der Waals surface area contributed by atoms with Crippen LogP contribution >= 0.6 is 0 Å². The van der Waals surface area contributed by atoms with Crippen molar-refractivity contribution >= 4 is 17.0 Å². The zero-order chi connectivity index (χ0) is 23.2. The first-order valence-corrected chi connectivity index (χ1v) is 10.3. The van der Waals surface area contributed by atoms with E-state index in [-0.39, 0.29) is 28.0 Å². The zero-order valence-corrected chi connectivity index (χ0v) is 18.7. The summed E-state index contributed by atoms with van der Waals surface area (Å²) in [6.45, 7) is 7.45. The molecule has 0 amide bonds. The minimum absolute atomic E-state index is 0.00479. The standard InChI is InChI=1S/C26H26O6/c1-14(2)12-18(27)21-23(29)22-19(28)13-20-17(10-11-26(3,4)32-20)25(22)31-24(21)15-6-8-16(30-5)9-7-15/h6-13,18,27-28H,1-5H3/t18-/m1/s1. The summed E-state index contributed by atoms with van der Waals surface area (Å²) in [7, 11) is 1.57. The Morgan fingerprint density at radius 2 is 1.88 bits per heavy atom. The summed E-state index contributed by atoms with van der Waals surface area (Å²) < 4.78 is 17.5. The van der Waals surface area contributed by atoms with Gasteiger partial charge in [0.05, 0.1) is 18.2 Å². The molecule has 2 aromatic carbocycles. The molecule has 4 rings (SSSR count). The number of methoxy groups -OCH3 is 1. The number of hydrogen-bond donors (Lipinski definition) is 2. The molecule has 166 valence electrons. The molecular weight excluding hydrogens is 408 g/mol. The highest BCUT2D eigenvalue weighted by atomic mass is 16.5. The molecule has 2 heterocycles. The maximum Gasteiger partial charge on any atom is 0.203 e. The van der Waals surface area contributed by atoms with Crippen LogP contribution in [0.3, 0.4) is 0 Å².